The highest BCUT2D eigenvalue weighted by molar-refractivity contribution is 5.95. The number of hydrogen-bond acceptors (Lipinski definition) is 3. The summed E-state index contributed by atoms with van der Waals surface area (Å²) in [7, 11) is 0. The summed E-state index contributed by atoms with van der Waals surface area (Å²) in [6.07, 6.45) is 0. The molecule has 7 heteroatoms. The Morgan fingerprint density at radius 2 is 2.19 bits per heavy atom. The van der Waals surface area contributed by atoms with E-state index < -0.39 is 5.97 Å². The predicted octanol–water partition coefficient (Wildman–Crippen LogP) is 2.28. The van der Waals surface area contributed by atoms with Crippen LogP contribution in [0.25, 0.3) is 10.4 Å². The van der Waals surface area contributed by atoms with Crippen molar-refractivity contribution in [2.75, 3.05) is 5.32 Å². The first-order chi connectivity index (χ1) is 7.54. The van der Waals surface area contributed by atoms with E-state index in [1.54, 1.807) is 0 Å². The van der Waals surface area contributed by atoms with Crippen molar-refractivity contribution in [1.29, 1.82) is 0 Å². The molecule has 1 aromatic carbocycles. The van der Waals surface area contributed by atoms with Crippen LogP contribution in [0.5, 0.6) is 0 Å². The molecule has 2 N–H and O–H groups in total. The fourth-order valence-electron chi connectivity index (χ4n) is 1.09. The topological polar surface area (TPSA) is 115 Å². The zero-order valence-electron chi connectivity index (χ0n) is 8.34. The van der Waals surface area contributed by atoms with Gasteiger partial charge in [0.25, 0.3) is 0 Å². The summed E-state index contributed by atoms with van der Waals surface area (Å²) in [6.45, 7) is 1.30. The van der Waals surface area contributed by atoms with Crippen molar-refractivity contribution >= 4 is 23.3 Å². The fourth-order valence-corrected chi connectivity index (χ4v) is 1.09. The van der Waals surface area contributed by atoms with Gasteiger partial charge in [0.15, 0.2) is 0 Å². The van der Waals surface area contributed by atoms with Crippen LogP contribution in [0, 0.1) is 0 Å². The molecule has 0 fully saturated rings. The number of carbonyl (C=O) groups excluding carboxylic acids is 1. The minimum absolute atomic E-state index is 0.0171. The number of carboxylic acids is 1. The van der Waals surface area contributed by atoms with Crippen LogP contribution in [-0.4, -0.2) is 17.0 Å². The monoisotopic (exact) mass is 220 g/mol. The average molecular weight is 220 g/mol. The molecule has 0 saturated heterocycles. The predicted molar refractivity (Wildman–Crippen MR) is 56.5 cm³/mol. The van der Waals surface area contributed by atoms with Gasteiger partial charge in [-0.2, -0.15) is 0 Å². The highest BCUT2D eigenvalue weighted by Gasteiger charge is 2.08. The second kappa shape index (κ2) is 4.81. The molecule has 1 amide bonds. The van der Waals surface area contributed by atoms with E-state index >= 15 is 0 Å². The number of aromatic carboxylic acids is 1. The number of hydrogen-bond donors (Lipinski definition) is 2. The lowest BCUT2D eigenvalue weighted by atomic mass is 10.1. The molecular weight excluding hydrogens is 212 g/mol. The number of azide groups is 1. The van der Waals surface area contributed by atoms with Crippen LogP contribution in [0.3, 0.4) is 0 Å². The third kappa shape index (κ3) is 2.73. The van der Waals surface area contributed by atoms with E-state index in [1.807, 2.05) is 0 Å². The molecule has 1 aromatic rings. The van der Waals surface area contributed by atoms with E-state index in [0.29, 0.717) is 0 Å². The SMILES string of the molecule is CC(=O)Nc1ccc(C(=O)O)cc1N=[N+]=[N-]. The third-order valence-electron chi connectivity index (χ3n) is 1.71. The van der Waals surface area contributed by atoms with Gasteiger partial charge in [-0.1, -0.05) is 5.11 Å². The maximum absolute atomic E-state index is 10.8. The molecule has 0 bridgehead atoms. The lowest BCUT2D eigenvalue weighted by molar-refractivity contribution is -0.114. The molecule has 82 valence electrons. The lowest BCUT2D eigenvalue weighted by Crippen LogP contribution is -2.06. The maximum atomic E-state index is 10.8. The maximum Gasteiger partial charge on any atom is 0.335 e. The molecular formula is C9H8N4O3. The van der Waals surface area contributed by atoms with Crippen LogP contribution < -0.4 is 5.32 Å². The summed E-state index contributed by atoms with van der Waals surface area (Å²) in [5.41, 5.74) is 8.63. The second-order valence-corrected chi connectivity index (χ2v) is 2.91. The van der Waals surface area contributed by atoms with Crippen molar-refractivity contribution in [3.8, 4) is 0 Å². The van der Waals surface area contributed by atoms with Gasteiger partial charge in [-0.15, -0.1) is 0 Å². The van der Waals surface area contributed by atoms with E-state index in [-0.39, 0.29) is 22.8 Å². The number of nitrogens with zero attached hydrogens (tertiary/aromatic N) is 3. The molecule has 0 aromatic heterocycles. The van der Waals surface area contributed by atoms with Crippen LogP contribution in [-0.2, 0) is 4.79 Å². The zero-order valence-corrected chi connectivity index (χ0v) is 8.34. The van der Waals surface area contributed by atoms with E-state index in [9.17, 15) is 9.59 Å². The first-order valence-corrected chi connectivity index (χ1v) is 4.24. The van der Waals surface area contributed by atoms with Gasteiger partial charge in [0.1, 0.15) is 0 Å². The number of anilines is 1. The lowest BCUT2D eigenvalue weighted by Gasteiger charge is -2.06. The summed E-state index contributed by atoms with van der Waals surface area (Å²) >= 11 is 0. The minimum atomic E-state index is -1.14. The van der Waals surface area contributed by atoms with Gasteiger partial charge < -0.3 is 10.4 Å². The largest absolute Gasteiger partial charge is 0.478 e. The molecule has 0 saturated carbocycles. The van der Waals surface area contributed by atoms with Gasteiger partial charge in [-0.25, -0.2) is 4.79 Å². The molecule has 0 aliphatic carbocycles. The number of carbonyl (C=O) groups is 2. The van der Waals surface area contributed by atoms with Crippen molar-refractivity contribution in [3.63, 3.8) is 0 Å². The van der Waals surface area contributed by atoms with Crippen molar-refractivity contribution < 1.29 is 14.7 Å². The molecule has 0 aliphatic heterocycles. The van der Waals surface area contributed by atoms with Gasteiger partial charge in [0.05, 0.1) is 16.9 Å². The molecule has 0 aliphatic rings. The Bertz CT molecular complexity index is 492. The Labute approximate surface area is 90.3 Å². The molecule has 7 nitrogen and oxygen atoms in total. The summed E-state index contributed by atoms with van der Waals surface area (Å²) < 4.78 is 0. The molecule has 1 rings (SSSR count). The molecule has 0 spiro atoms. The van der Waals surface area contributed by atoms with Crippen molar-refractivity contribution in [1.82, 2.24) is 0 Å². The Morgan fingerprint density at radius 1 is 1.50 bits per heavy atom. The third-order valence-corrected chi connectivity index (χ3v) is 1.71. The van der Waals surface area contributed by atoms with E-state index in [1.165, 1.54) is 25.1 Å². The van der Waals surface area contributed by atoms with E-state index in [4.69, 9.17) is 10.6 Å². The normalized spacial score (nSPS) is 9.06. The highest BCUT2D eigenvalue weighted by atomic mass is 16.4. The zero-order chi connectivity index (χ0) is 12.1. The van der Waals surface area contributed by atoms with E-state index in [0.717, 1.165) is 0 Å². The summed E-state index contributed by atoms with van der Waals surface area (Å²) in [5, 5.41) is 14.5. The summed E-state index contributed by atoms with van der Waals surface area (Å²) in [4.78, 5) is 24.1. The van der Waals surface area contributed by atoms with E-state index in [2.05, 4.69) is 15.3 Å². The Kier molecular flexibility index (Phi) is 3.47. The Balaban J connectivity index is 3.23. The minimum Gasteiger partial charge on any atom is -0.478 e. The highest BCUT2D eigenvalue weighted by Crippen LogP contribution is 2.26. The van der Waals surface area contributed by atoms with Crippen LogP contribution in [0.2, 0.25) is 0 Å². The van der Waals surface area contributed by atoms with Crippen molar-refractivity contribution in [2.24, 2.45) is 5.11 Å². The molecule has 0 unspecified atom stereocenters. The van der Waals surface area contributed by atoms with Gasteiger partial charge in [0.2, 0.25) is 5.91 Å². The number of benzene rings is 1. The fraction of sp³-hybridized carbons (Fsp3) is 0.111. The average Bonchev–Trinajstić information content (AvgIpc) is 2.20. The smallest absolute Gasteiger partial charge is 0.335 e. The standard InChI is InChI=1S/C9H8N4O3/c1-5(14)11-7-3-2-6(9(15)16)4-8(7)12-13-10/h2-4H,1H3,(H,11,14)(H,15,16). The number of carboxylic acid groups (broad SMARTS) is 1. The van der Waals surface area contributed by atoms with Crippen LogP contribution in [0.15, 0.2) is 23.3 Å². The van der Waals surface area contributed by atoms with Crippen LogP contribution >= 0.6 is 0 Å². The number of nitrogens with one attached hydrogen (secondary N) is 1. The van der Waals surface area contributed by atoms with Gasteiger partial charge in [0, 0.05) is 11.8 Å². The molecule has 0 heterocycles. The molecule has 0 radical (unpaired) electrons. The van der Waals surface area contributed by atoms with Crippen molar-refractivity contribution in [3.05, 3.63) is 34.2 Å². The molecule has 16 heavy (non-hydrogen) atoms. The molecule has 0 atom stereocenters. The quantitative estimate of drug-likeness (QED) is 0.462. The Hall–Kier alpha value is -2.53. The first kappa shape index (κ1) is 11.5. The van der Waals surface area contributed by atoms with Crippen LogP contribution in [0.4, 0.5) is 11.4 Å². The van der Waals surface area contributed by atoms with Gasteiger partial charge in [-0.05, 0) is 23.7 Å². The summed E-state index contributed by atoms with van der Waals surface area (Å²) in [6, 6.07) is 3.87. The Morgan fingerprint density at radius 3 is 2.69 bits per heavy atom. The van der Waals surface area contributed by atoms with Crippen LogP contribution in [0.1, 0.15) is 17.3 Å². The van der Waals surface area contributed by atoms with Crippen molar-refractivity contribution in [2.45, 2.75) is 6.92 Å². The number of amides is 1. The number of rotatable bonds is 3. The first-order valence-electron chi connectivity index (χ1n) is 4.24. The van der Waals surface area contributed by atoms with Gasteiger partial charge >= 0.3 is 5.97 Å². The second-order valence-electron chi connectivity index (χ2n) is 2.91. The van der Waals surface area contributed by atoms with Gasteiger partial charge in [-0.3, -0.25) is 4.79 Å². The summed E-state index contributed by atoms with van der Waals surface area (Å²) in [5.74, 6) is -1.47.